The first-order valence-electron chi connectivity index (χ1n) is 9.21. The molecule has 0 saturated carbocycles. The van der Waals surface area contributed by atoms with E-state index in [2.05, 4.69) is 54.6 Å². The van der Waals surface area contributed by atoms with Crippen LogP contribution in [-0.4, -0.2) is 63.7 Å². The van der Waals surface area contributed by atoms with Gasteiger partial charge in [0.1, 0.15) is 6.07 Å². The van der Waals surface area contributed by atoms with Crippen LogP contribution in [-0.2, 0) is 5.75 Å². The minimum absolute atomic E-state index is 0.247. The average molecular weight is 408 g/mol. The summed E-state index contributed by atoms with van der Waals surface area (Å²) in [5.41, 5.74) is 2.77. The van der Waals surface area contributed by atoms with Crippen molar-refractivity contribution in [2.45, 2.75) is 10.8 Å². The van der Waals surface area contributed by atoms with Gasteiger partial charge < -0.3 is 14.8 Å². The van der Waals surface area contributed by atoms with Crippen LogP contribution < -0.4 is 10.5 Å². The summed E-state index contributed by atoms with van der Waals surface area (Å²) in [6.07, 6.45) is 0. The molecule has 10 heteroatoms. The summed E-state index contributed by atoms with van der Waals surface area (Å²) in [5, 5.41) is 24.2. The quantitative estimate of drug-likeness (QED) is 0.610. The number of hydrogen-bond donors (Lipinski definition) is 2. The highest BCUT2D eigenvalue weighted by molar-refractivity contribution is 7.98. The van der Waals surface area contributed by atoms with Crippen molar-refractivity contribution in [1.29, 1.82) is 5.26 Å². The van der Waals surface area contributed by atoms with E-state index in [-0.39, 0.29) is 5.56 Å². The van der Waals surface area contributed by atoms with Gasteiger partial charge in [-0.3, -0.25) is 4.79 Å². The van der Waals surface area contributed by atoms with Gasteiger partial charge in [-0.25, -0.2) is 0 Å². The molecule has 0 radical (unpaired) electrons. The number of H-pyrrole nitrogens is 2. The van der Waals surface area contributed by atoms with Crippen LogP contribution in [0.25, 0.3) is 11.1 Å². The lowest BCUT2D eigenvalue weighted by atomic mass is 9.99. The summed E-state index contributed by atoms with van der Waals surface area (Å²) in [4.78, 5) is 19.8. The first kappa shape index (κ1) is 19.2. The molecule has 3 heterocycles. The Labute approximate surface area is 171 Å². The smallest absolute Gasteiger partial charge is 0.249 e. The Morgan fingerprint density at radius 3 is 2.72 bits per heavy atom. The van der Waals surface area contributed by atoms with Gasteiger partial charge in [-0.05, 0) is 13.1 Å². The molecule has 1 aliphatic heterocycles. The summed E-state index contributed by atoms with van der Waals surface area (Å²) < 4.78 is 0. The number of nitrogens with one attached hydrogen (secondary N) is 2. The lowest BCUT2D eigenvalue weighted by Gasteiger charge is -2.35. The van der Waals surface area contributed by atoms with Crippen molar-refractivity contribution >= 4 is 17.4 Å². The molecule has 9 nitrogen and oxygen atoms in total. The number of pyridine rings is 1. The summed E-state index contributed by atoms with van der Waals surface area (Å²) in [6.45, 7) is 3.75. The maximum Gasteiger partial charge on any atom is 0.249 e. The van der Waals surface area contributed by atoms with Gasteiger partial charge >= 0.3 is 0 Å². The van der Waals surface area contributed by atoms with Crippen LogP contribution in [0.5, 0.6) is 0 Å². The van der Waals surface area contributed by atoms with E-state index in [1.54, 1.807) is 0 Å². The standard InChI is InChI=1S/C19H20N8OS/c1-26-6-8-27(9-7-26)16-5-3-2-4-13(16)14-10-18(28)21-19(15(14)11-20)29-12-17-22-24-25-23-17/h2-5,10H,6-9,12H2,1H3,(H,21,28)(H,22,23,24,25). The first-order chi connectivity index (χ1) is 14.2. The average Bonchev–Trinajstić information content (AvgIpc) is 3.26. The molecular formula is C19H20N8OS. The van der Waals surface area contributed by atoms with Crippen molar-refractivity contribution in [2.24, 2.45) is 0 Å². The number of tetrazole rings is 1. The van der Waals surface area contributed by atoms with Crippen LogP contribution in [0, 0.1) is 11.3 Å². The third kappa shape index (κ3) is 4.16. The maximum atomic E-state index is 12.4. The van der Waals surface area contributed by atoms with Crippen LogP contribution in [0.1, 0.15) is 11.4 Å². The second-order valence-corrected chi connectivity index (χ2v) is 7.77. The van der Waals surface area contributed by atoms with Crippen molar-refractivity contribution in [3.8, 4) is 17.2 Å². The zero-order valence-electron chi connectivity index (χ0n) is 15.9. The Morgan fingerprint density at radius 2 is 2.00 bits per heavy atom. The molecule has 0 amide bonds. The van der Waals surface area contributed by atoms with E-state index >= 15 is 0 Å². The zero-order chi connectivity index (χ0) is 20.2. The predicted octanol–water partition coefficient (Wildman–Crippen LogP) is 1.47. The molecule has 29 heavy (non-hydrogen) atoms. The van der Waals surface area contributed by atoms with E-state index < -0.39 is 0 Å². The van der Waals surface area contributed by atoms with Crippen molar-refractivity contribution in [1.82, 2.24) is 30.5 Å². The van der Waals surface area contributed by atoms with Gasteiger partial charge in [0.05, 0.1) is 16.3 Å². The number of aromatic amines is 2. The molecule has 4 rings (SSSR count). The molecule has 1 aromatic carbocycles. The molecule has 1 aliphatic rings. The first-order valence-corrected chi connectivity index (χ1v) is 10.2. The van der Waals surface area contributed by atoms with Gasteiger partial charge in [-0.15, -0.1) is 10.2 Å². The highest BCUT2D eigenvalue weighted by atomic mass is 32.2. The molecule has 1 saturated heterocycles. The topological polar surface area (TPSA) is 118 Å². The van der Waals surface area contributed by atoms with E-state index in [0.29, 0.717) is 27.7 Å². The molecule has 0 spiro atoms. The Balaban J connectivity index is 1.73. The number of aromatic nitrogens is 5. The predicted molar refractivity (Wildman–Crippen MR) is 111 cm³/mol. The number of piperazine rings is 1. The zero-order valence-corrected chi connectivity index (χ0v) is 16.7. The largest absolute Gasteiger partial charge is 0.368 e. The Hall–Kier alpha value is -3.16. The highest BCUT2D eigenvalue weighted by Gasteiger charge is 2.21. The number of thioether (sulfide) groups is 1. The Morgan fingerprint density at radius 1 is 1.21 bits per heavy atom. The van der Waals surface area contributed by atoms with E-state index in [4.69, 9.17) is 0 Å². The number of hydrogen-bond acceptors (Lipinski definition) is 8. The number of nitriles is 1. The molecule has 0 aliphatic carbocycles. The van der Waals surface area contributed by atoms with Crippen molar-refractivity contribution in [3.63, 3.8) is 0 Å². The number of benzene rings is 1. The summed E-state index contributed by atoms with van der Waals surface area (Å²) in [5.74, 6) is 0.896. The minimum Gasteiger partial charge on any atom is -0.368 e. The van der Waals surface area contributed by atoms with Crippen LogP contribution in [0.4, 0.5) is 5.69 Å². The van der Waals surface area contributed by atoms with Crippen molar-refractivity contribution < 1.29 is 0 Å². The van der Waals surface area contributed by atoms with Crippen molar-refractivity contribution in [3.05, 3.63) is 52.1 Å². The SMILES string of the molecule is CN1CCN(c2ccccc2-c2cc(=O)[nH]c(SCc3nn[nH]n3)c2C#N)CC1. The molecule has 148 valence electrons. The number of nitrogens with zero attached hydrogens (tertiary/aromatic N) is 6. The van der Waals surface area contributed by atoms with Gasteiger partial charge in [0.15, 0.2) is 5.82 Å². The molecule has 0 atom stereocenters. The Bertz CT molecular complexity index is 1080. The molecule has 2 aromatic heterocycles. The number of anilines is 1. The summed E-state index contributed by atoms with van der Waals surface area (Å²) in [6, 6.07) is 11.7. The molecule has 3 aromatic rings. The molecule has 1 fully saturated rings. The fraction of sp³-hybridized carbons (Fsp3) is 0.316. The van der Waals surface area contributed by atoms with E-state index in [1.165, 1.54) is 17.8 Å². The van der Waals surface area contributed by atoms with Gasteiger partial charge in [0.2, 0.25) is 5.56 Å². The molecule has 0 bridgehead atoms. The third-order valence-electron chi connectivity index (χ3n) is 4.89. The van der Waals surface area contributed by atoms with Crippen LogP contribution >= 0.6 is 11.8 Å². The second kappa shape index (κ2) is 8.46. The minimum atomic E-state index is -0.247. The third-order valence-corrected chi connectivity index (χ3v) is 5.89. The number of para-hydroxylation sites is 1. The van der Waals surface area contributed by atoms with Crippen LogP contribution in [0.15, 0.2) is 40.2 Å². The van der Waals surface area contributed by atoms with Gasteiger partial charge in [0.25, 0.3) is 0 Å². The summed E-state index contributed by atoms with van der Waals surface area (Å²) in [7, 11) is 2.11. The second-order valence-electron chi connectivity index (χ2n) is 6.79. The monoisotopic (exact) mass is 408 g/mol. The molecule has 2 N–H and O–H groups in total. The lowest BCUT2D eigenvalue weighted by Crippen LogP contribution is -2.44. The maximum absolute atomic E-state index is 12.4. The summed E-state index contributed by atoms with van der Waals surface area (Å²) >= 11 is 1.31. The highest BCUT2D eigenvalue weighted by Crippen LogP contribution is 2.35. The van der Waals surface area contributed by atoms with Gasteiger partial charge in [0, 0.05) is 49.1 Å². The lowest BCUT2D eigenvalue weighted by molar-refractivity contribution is 0.313. The molecular weight excluding hydrogens is 388 g/mol. The fourth-order valence-electron chi connectivity index (χ4n) is 3.37. The normalized spacial score (nSPS) is 14.7. The van der Waals surface area contributed by atoms with Crippen LogP contribution in [0.3, 0.4) is 0 Å². The number of rotatable bonds is 5. The van der Waals surface area contributed by atoms with E-state index in [0.717, 1.165) is 37.4 Å². The van der Waals surface area contributed by atoms with Crippen LogP contribution in [0.2, 0.25) is 0 Å². The Kier molecular flexibility index (Phi) is 5.59. The molecule has 0 unspecified atom stereocenters. The van der Waals surface area contributed by atoms with E-state index in [1.807, 2.05) is 18.2 Å². The fourth-order valence-corrected chi connectivity index (χ4v) is 4.24. The van der Waals surface area contributed by atoms with E-state index in [9.17, 15) is 10.1 Å². The van der Waals surface area contributed by atoms with Gasteiger partial charge in [-0.1, -0.05) is 35.2 Å². The number of likely N-dealkylation sites (N-methyl/N-ethyl adjacent to an activating group) is 1. The van der Waals surface area contributed by atoms with Gasteiger partial charge in [-0.2, -0.15) is 10.5 Å². The van der Waals surface area contributed by atoms with Crippen molar-refractivity contribution in [2.75, 3.05) is 38.1 Å².